The highest BCUT2D eigenvalue weighted by molar-refractivity contribution is 5.42. The molecule has 0 bridgehead atoms. The molecule has 14 heavy (non-hydrogen) atoms. The van der Waals surface area contributed by atoms with Gasteiger partial charge in [-0.3, -0.25) is 0 Å². The van der Waals surface area contributed by atoms with Crippen molar-refractivity contribution in [1.29, 1.82) is 0 Å². The van der Waals surface area contributed by atoms with Crippen molar-refractivity contribution in [3.05, 3.63) is 30.2 Å². The van der Waals surface area contributed by atoms with Gasteiger partial charge in [-0.25, -0.2) is 0 Å². The quantitative estimate of drug-likeness (QED) is 0.673. The fourth-order valence-electron chi connectivity index (χ4n) is 1.25. The standard InChI is InChI=1S/C12H19NO/c1-2-3-4-9-13-10-5-7-12-8-6-11-14-12/h5-8,11,13H,2-4,9-10H2,1H3/b7-5+. The number of rotatable bonds is 7. The summed E-state index contributed by atoms with van der Waals surface area (Å²) in [6, 6.07) is 3.85. The Hall–Kier alpha value is -1.02. The highest BCUT2D eigenvalue weighted by Gasteiger charge is 1.87. The summed E-state index contributed by atoms with van der Waals surface area (Å²) in [5.74, 6) is 0.917. The molecule has 1 aromatic rings. The number of nitrogens with one attached hydrogen (secondary N) is 1. The molecular formula is C12H19NO. The third kappa shape index (κ3) is 4.87. The van der Waals surface area contributed by atoms with Crippen LogP contribution in [-0.4, -0.2) is 13.1 Å². The van der Waals surface area contributed by atoms with E-state index in [1.165, 1.54) is 19.3 Å². The minimum absolute atomic E-state index is 0.917. The summed E-state index contributed by atoms with van der Waals surface area (Å²) in [6.45, 7) is 4.25. The van der Waals surface area contributed by atoms with Gasteiger partial charge < -0.3 is 9.73 Å². The van der Waals surface area contributed by atoms with Crippen molar-refractivity contribution >= 4 is 6.08 Å². The smallest absolute Gasteiger partial charge is 0.126 e. The van der Waals surface area contributed by atoms with Crippen LogP contribution in [0.5, 0.6) is 0 Å². The van der Waals surface area contributed by atoms with E-state index >= 15 is 0 Å². The summed E-state index contributed by atoms with van der Waals surface area (Å²) in [4.78, 5) is 0. The molecule has 0 fully saturated rings. The first-order valence-electron chi connectivity index (χ1n) is 5.34. The van der Waals surface area contributed by atoms with Gasteiger partial charge in [0.25, 0.3) is 0 Å². The molecule has 0 amide bonds. The highest BCUT2D eigenvalue weighted by atomic mass is 16.3. The average Bonchev–Trinajstić information content (AvgIpc) is 2.69. The number of hydrogen-bond donors (Lipinski definition) is 1. The van der Waals surface area contributed by atoms with Gasteiger partial charge in [0.1, 0.15) is 5.76 Å². The van der Waals surface area contributed by atoms with Crippen molar-refractivity contribution in [3.8, 4) is 0 Å². The van der Waals surface area contributed by atoms with E-state index in [0.717, 1.165) is 18.8 Å². The molecule has 0 radical (unpaired) electrons. The summed E-state index contributed by atoms with van der Waals surface area (Å²) in [5.41, 5.74) is 0. The average molecular weight is 193 g/mol. The Morgan fingerprint density at radius 1 is 1.43 bits per heavy atom. The molecule has 1 N–H and O–H groups in total. The summed E-state index contributed by atoms with van der Waals surface area (Å²) < 4.78 is 5.16. The molecule has 2 nitrogen and oxygen atoms in total. The molecule has 0 spiro atoms. The third-order valence-electron chi connectivity index (χ3n) is 2.04. The summed E-state index contributed by atoms with van der Waals surface area (Å²) in [7, 11) is 0. The van der Waals surface area contributed by atoms with Crippen LogP contribution in [0.4, 0.5) is 0 Å². The van der Waals surface area contributed by atoms with Gasteiger partial charge in [-0.15, -0.1) is 0 Å². The van der Waals surface area contributed by atoms with Gasteiger partial charge in [0.2, 0.25) is 0 Å². The van der Waals surface area contributed by atoms with Crippen LogP contribution in [-0.2, 0) is 0 Å². The van der Waals surface area contributed by atoms with Crippen LogP contribution >= 0.6 is 0 Å². The monoisotopic (exact) mass is 193 g/mol. The van der Waals surface area contributed by atoms with E-state index in [0.29, 0.717) is 0 Å². The van der Waals surface area contributed by atoms with Gasteiger partial charge in [-0.05, 0) is 31.2 Å². The van der Waals surface area contributed by atoms with Crippen LogP contribution in [0.25, 0.3) is 6.08 Å². The van der Waals surface area contributed by atoms with Crippen molar-refractivity contribution in [2.45, 2.75) is 26.2 Å². The second-order valence-corrected chi connectivity index (χ2v) is 3.33. The van der Waals surface area contributed by atoms with E-state index in [9.17, 15) is 0 Å². The van der Waals surface area contributed by atoms with Crippen LogP contribution in [0.3, 0.4) is 0 Å². The van der Waals surface area contributed by atoms with Gasteiger partial charge >= 0.3 is 0 Å². The number of hydrogen-bond acceptors (Lipinski definition) is 2. The highest BCUT2D eigenvalue weighted by Crippen LogP contribution is 2.01. The lowest BCUT2D eigenvalue weighted by Crippen LogP contribution is -2.14. The predicted molar refractivity (Wildman–Crippen MR) is 60.1 cm³/mol. The predicted octanol–water partition coefficient (Wildman–Crippen LogP) is 3.07. The van der Waals surface area contributed by atoms with Gasteiger partial charge in [0, 0.05) is 6.54 Å². The van der Waals surface area contributed by atoms with Crippen molar-refractivity contribution in [2.24, 2.45) is 0 Å². The molecule has 1 aromatic heterocycles. The number of furan rings is 1. The van der Waals surface area contributed by atoms with E-state index < -0.39 is 0 Å². The first-order chi connectivity index (χ1) is 6.93. The maximum atomic E-state index is 5.16. The van der Waals surface area contributed by atoms with Crippen LogP contribution in [0, 0.1) is 0 Å². The Labute approximate surface area is 86.0 Å². The Morgan fingerprint density at radius 2 is 2.36 bits per heavy atom. The number of unbranched alkanes of at least 4 members (excludes halogenated alkanes) is 2. The molecule has 78 valence electrons. The van der Waals surface area contributed by atoms with Crippen LogP contribution < -0.4 is 5.32 Å². The molecule has 0 aromatic carbocycles. The fourth-order valence-corrected chi connectivity index (χ4v) is 1.25. The van der Waals surface area contributed by atoms with Gasteiger partial charge in [-0.2, -0.15) is 0 Å². The maximum Gasteiger partial charge on any atom is 0.126 e. The lowest BCUT2D eigenvalue weighted by Gasteiger charge is -1.98. The Balaban J connectivity index is 1.98. The summed E-state index contributed by atoms with van der Waals surface area (Å²) in [5, 5.41) is 3.35. The van der Waals surface area contributed by atoms with Crippen molar-refractivity contribution in [2.75, 3.05) is 13.1 Å². The molecular weight excluding hydrogens is 174 g/mol. The van der Waals surface area contributed by atoms with Gasteiger partial charge in [-0.1, -0.05) is 25.8 Å². The SMILES string of the molecule is CCCCCNC/C=C/c1ccco1. The molecule has 1 rings (SSSR count). The second-order valence-electron chi connectivity index (χ2n) is 3.33. The van der Waals surface area contributed by atoms with Gasteiger partial charge in [0.05, 0.1) is 6.26 Å². The fraction of sp³-hybridized carbons (Fsp3) is 0.500. The minimum atomic E-state index is 0.917. The first-order valence-corrected chi connectivity index (χ1v) is 5.34. The van der Waals surface area contributed by atoms with Crippen LogP contribution in [0.2, 0.25) is 0 Å². The maximum absolute atomic E-state index is 5.16. The molecule has 0 aliphatic rings. The van der Waals surface area contributed by atoms with Crippen LogP contribution in [0.1, 0.15) is 31.9 Å². The Bertz CT molecular complexity index is 239. The minimum Gasteiger partial charge on any atom is -0.465 e. The molecule has 0 unspecified atom stereocenters. The molecule has 2 heteroatoms. The van der Waals surface area contributed by atoms with E-state index in [1.54, 1.807) is 6.26 Å². The summed E-state index contributed by atoms with van der Waals surface area (Å²) >= 11 is 0. The molecule has 0 aliphatic carbocycles. The zero-order chi connectivity index (χ0) is 10.1. The van der Waals surface area contributed by atoms with Crippen LogP contribution in [0.15, 0.2) is 28.9 Å². The molecule has 1 heterocycles. The normalized spacial score (nSPS) is 11.2. The van der Waals surface area contributed by atoms with Crippen molar-refractivity contribution in [3.63, 3.8) is 0 Å². The first kappa shape index (κ1) is 11.1. The molecule has 0 saturated heterocycles. The van der Waals surface area contributed by atoms with E-state index in [2.05, 4.69) is 18.3 Å². The van der Waals surface area contributed by atoms with E-state index in [-0.39, 0.29) is 0 Å². The van der Waals surface area contributed by atoms with Gasteiger partial charge in [0.15, 0.2) is 0 Å². The molecule has 0 saturated carbocycles. The largest absolute Gasteiger partial charge is 0.465 e. The lowest BCUT2D eigenvalue weighted by atomic mass is 10.2. The summed E-state index contributed by atoms with van der Waals surface area (Å²) in [6.07, 6.45) is 9.63. The molecule has 0 atom stereocenters. The second kappa shape index (κ2) is 7.39. The van der Waals surface area contributed by atoms with Crippen molar-refractivity contribution < 1.29 is 4.42 Å². The third-order valence-corrected chi connectivity index (χ3v) is 2.04. The zero-order valence-electron chi connectivity index (χ0n) is 8.83. The topological polar surface area (TPSA) is 25.2 Å². The zero-order valence-corrected chi connectivity index (χ0v) is 8.83. The molecule has 0 aliphatic heterocycles. The van der Waals surface area contributed by atoms with E-state index in [4.69, 9.17) is 4.42 Å². The lowest BCUT2D eigenvalue weighted by molar-refractivity contribution is 0.556. The Morgan fingerprint density at radius 3 is 3.07 bits per heavy atom. The van der Waals surface area contributed by atoms with Crippen molar-refractivity contribution in [1.82, 2.24) is 5.32 Å². The van der Waals surface area contributed by atoms with E-state index in [1.807, 2.05) is 18.2 Å². The Kier molecular flexibility index (Phi) is 5.84.